The maximum atomic E-state index is 14.1. The van der Waals surface area contributed by atoms with Crippen molar-refractivity contribution in [3.05, 3.63) is 59.2 Å². The van der Waals surface area contributed by atoms with E-state index in [4.69, 9.17) is 9.47 Å². The van der Waals surface area contributed by atoms with E-state index in [1.165, 1.54) is 0 Å². The number of ether oxygens (including phenoxy) is 2. The minimum atomic E-state index is -0.780. The van der Waals surface area contributed by atoms with Crippen LogP contribution < -0.4 is 9.80 Å². The van der Waals surface area contributed by atoms with Gasteiger partial charge >= 0.3 is 12.2 Å². The monoisotopic (exact) mass is 537 g/mol. The first-order valence-corrected chi connectivity index (χ1v) is 13.7. The zero-order valence-electron chi connectivity index (χ0n) is 23.4. The first-order chi connectivity index (χ1) is 18.6. The second kappa shape index (κ2) is 9.71. The summed E-state index contributed by atoms with van der Waals surface area (Å²) in [6.07, 6.45) is -0.518. The predicted molar refractivity (Wildman–Crippen MR) is 148 cm³/mol. The molecule has 0 saturated carbocycles. The third kappa shape index (κ3) is 3.89. The Morgan fingerprint density at radius 2 is 1.77 bits per heavy atom. The van der Waals surface area contributed by atoms with Gasteiger partial charge in [-0.15, -0.1) is 0 Å². The van der Waals surface area contributed by atoms with Gasteiger partial charge in [-0.1, -0.05) is 30.3 Å². The number of likely N-dealkylation sites (N-methyl/N-ethyl adjacent to an activating group) is 1. The van der Waals surface area contributed by atoms with Crippen LogP contribution in [0.4, 0.5) is 21.0 Å². The molecule has 3 heterocycles. The lowest BCUT2D eigenvalue weighted by Gasteiger charge is -2.63. The molecule has 1 spiro atoms. The third-order valence-corrected chi connectivity index (χ3v) is 8.60. The van der Waals surface area contributed by atoms with Crippen LogP contribution in [0.15, 0.2) is 42.5 Å². The van der Waals surface area contributed by atoms with Gasteiger partial charge in [0, 0.05) is 37.8 Å². The lowest BCUT2D eigenvalue weighted by molar-refractivity contribution is 0.0103. The largest absolute Gasteiger partial charge is 0.450 e. The summed E-state index contributed by atoms with van der Waals surface area (Å²) in [6.45, 7) is 8.01. The highest BCUT2D eigenvalue weighted by Crippen LogP contribution is 2.66. The van der Waals surface area contributed by atoms with Crippen LogP contribution >= 0.6 is 0 Å². The first-order valence-electron chi connectivity index (χ1n) is 13.7. The van der Waals surface area contributed by atoms with E-state index in [0.29, 0.717) is 31.6 Å². The summed E-state index contributed by atoms with van der Waals surface area (Å²) >= 11 is 0. The molecular formula is C30H39N3O6. The Hall–Kier alpha value is -3.30. The molecule has 39 heavy (non-hydrogen) atoms. The van der Waals surface area contributed by atoms with Crippen molar-refractivity contribution in [1.29, 1.82) is 0 Å². The second-order valence-corrected chi connectivity index (χ2v) is 11.7. The van der Waals surface area contributed by atoms with Crippen LogP contribution in [0.5, 0.6) is 0 Å². The van der Waals surface area contributed by atoms with Crippen LogP contribution in [-0.4, -0.2) is 72.4 Å². The number of rotatable bonds is 4. The SMILES string of the molecule is CCOC(=O)N1CC[C@]23c4c(CO)cccc4N(C)[C@H]2N(C(=O)OC(C)(C)C)c2ccccc2[C@@]3(CCO)C1. The highest BCUT2D eigenvalue weighted by atomic mass is 16.6. The van der Waals surface area contributed by atoms with E-state index in [1.807, 2.05) is 70.3 Å². The fourth-order valence-corrected chi connectivity index (χ4v) is 7.40. The Bertz CT molecular complexity index is 1280. The molecule has 5 rings (SSSR count). The molecule has 2 aromatic rings. The number of carbonyl (C=O) groups excluding carboxylic acids is 2. The summed E-state index contributed by atoms with van der Waals surface area (Å²) < 4.78 is 11.4. The number of carbonyl (C=O) groups is 2. The molecule has 9 heteroatoms. The Balaban J connectivity index is 1.85. The number of likely N-dealkylation sites (tertiary alicyclic amines) is 1. The average molecular weight is 538 g/mol. The molecule has 0 unspecified atom stereocenters. The molecule has 0 bridgehead atoms. The van der Waals surface area contributed by atoms with E-state index >= 15 is 0 Å². The highest BCUT2D eigenvalue weighted by molar-refractivity contribution is 5.94. The number of nitrogens with zero attached hydrogens (tertiary/aromatic N) is 3. The van der Waals surface area contributed by atoms with Crippen LogP contribution in [0.2, 0.25) is 0 Å². The number of hydrogen-bond donors (Lipinski definition) is 2. The molecule has 2 amide bonds. The molecule has 3 aliphatic rings. The molecule has 9 nitrogen and oxygen atoms in total. The maximum absolute atomic E-state index is 14.1. The lowest BCUT2D eigenvalue weighted by Crippen LogP contribution is -2.73. The van der Waals surface area contributed by atoms with Crippen molar-refractivity contribution in [2.45, 2.75) is 69.7 Å². The van der Waals surface area contributed by atoms with Gasteiger partial charge in [0.05, 0.1) is 24.3 Å². The zero-order chi connectivity index (χ0) is 28.2. The van der Waals surface area contributed by atoms with E-state index < -0.39 is 34.8 Å². The summed E-state index contributed by atoms with van der Waals surface area (Å²) in [7, 11) is 1.96. The summed E-state index contributed by atoms with van der Waals surface area (Å²) in [4.78, 5) is 32.7. The molecular weight excluding hydrogens is 498 g/mol. The van der Waals surface area contributed by atoms with E-state index in [9.17, 15) is 19.8 Å². The van der Waals surface area contributed by atoms with Crippen LogP contribution in [-0.2, 0) is 26.9 Å². The van der Waals surface area contributed by atoms with E-state index in [-0.39, 0.29) is 19.8 Å². The molecule has 2 N–H and O–H groups in total. The Labute approximate surface area is 229 Å². The van der Waals surface area contributed by atoms with Crippen molar-refractivity contribution in [3.63, 3.8) is 0 Å². The molecule has 3 atom stereocenters. The molecule has 0 aromatic heterocycles. The quantitative estimate of drug-likeness (QED) is 0.605. The van der Waals surface area contributed by atoms with E-state index in [1.54, 1.807) is 16.7 Å². The van der Waals surface area contributed by atoms with Crippen LogP contribution in [0.1, 0.15) is 57.2 Å². The van der Waals surface area contributed by atoms with Crippen molar-refractivity contribution in [3.8, 4) is 0 Å². The van der Waals surface area contributed by atoms with Crippen molar-refractivity contribution < 1.29 is 29.3 Å². The van der Waals surface area contributed by atoms with Gasteiger partial charge in [0.2, 0.25) is 0 Å². The van der Waals surface area contributed by atoms with E-state index in [0.717, 1.165) is 22.4 Å². The second-order valence-electron chi connectivity index (χ2n) is 11.7. The molecule has 2 aromatic carbocycles. The lowest BCUT2D eigenvalue weighted by atomic mass is 9.49. The van der Waals surface area contributed by atoms with Gasteiger partial charge in [-0.05, 0) is 69.4 Å². The fourth-order valence-electron chi connectivity index (χ4n) is 7.40. The number of benzene rings is 2. The minimum absolute atomic E-state index is 0.119. The zero-order valence-corrected chi connectivity index (χ0v) is 23.4. The van der Waals surface area contributed by atoms with Gasteiger partial charge in [-0.3, -0.25) is 4.90 Å². The number of aliphatic hydroxyl groups excluding tert-OH is 2. The number of aliphatic hydroxyl groups is 2. The Morgan fingerprint density at radius 3 is 2.44 bits per heavy atom. The standard InChI is InChI=1S/C30H39N3O6/c1-6-38-26(36)32-16-14-30-24-20(18-35)10-9-13-23(24)31(5)25(30)33(27(37)39-28(2,3)4)22-12-8-7-11-21(22)29(30,19-32)15-17-34/h7-13,25,34-35H,6,14-19H2,1-5H3/t25-,29+,30-/m0/s1. The smallest absolute Gasteiger partial charge is 0.416 e. The summed E-state index contributed by atoms with van der Waals surface area (Å²) in [5, 5.41) is 21.1. The van der Waals surface area contributed by atoms with E-state index in [2.05, 4.69) is 4.90 Å². The summed E-state index contributed by atoms with van der Waals surface area (Å²) in [6, 6.07) is 13.6. The maximum Gasteiger partial charge on any atom is 0.416 e. The average Bonchev–Trinajstić information content (AvgIpc) is 3.15. The van der Waals surface area contributed by atoms with Crippen LogP contribution in [0.3, 0.4) is 0 Å². The molecule has 0 aliphatic carbocycles. The molecule has 1 saturated heterocycles. The number of piperidine rings is 1. The fraction of sp³-hybridized carbons (Fsp3) is 0.533. The van der Waals surface area contributed by atoms with Gasteiger partial charge in [0.1, 0.15) is 11.8 Å². The van der Waals surface area contributed by atoms with Crippen LogP contribution in [0, 0.1) is 0 Å². The normalized spacial score (nSPS) is 25.4. The highest BCUT2D eigenvalue weighted by Gasteiger charge is 2.70. The Kier molecular flexibility index (Phi) is 6.79. The molecule has 0 radical (unpaired) electrons. The molecule has 1 fully saturated rings. The van der Waals surface area contributed by atoms with Gasteiger partial charge in [0.25, 0.3) is 0 Å². The van der Waals surface area contributed by atoms with Crippen molar-refractivity contribution >= 4 is 23.6 Å². The topological polar surface area (TPSA) is 103 Å². The molecule has 210 valence electrons. The predicted octanol–water partition coefficient (Wildman–Crippen LogP) is 4.13. The Morgan fingerprint density at radius 1 is 1.05 bits per heavy atom. The number of hydrogen-bond acceptors (Lipinski definition) is 7. The summed E-state index contributed by atoms with van der Waals surface area (Å²) in [5.74, 6) is 0. The van der Waals surface area contributed by atoms with Crippen LogP contribution in [0.25, 0.3) is 0 Å². The van der Waals surface area contributed by atoms with Gasteiger partial charge in [0.15, 0.2) is 0 Å². The summed E-state index contributed by atoms with van der Waals surface area (Å²) in [5.41, 5.74) is 1.95. The number of para-hydroxylation sites is 1. The minimum Gasteiger partial charge on any atom is -0.450 e. The van der Waals surface area contributed by atoms with Crippen molar-refractivity contribution in [2.75, 3.05) is 43.2 Å². The van der Waals surface area contributed by atoms with Gasteiger partial charge in [-0.25, -0.2) is 9.59 Å². The number of fused-ring (bicyclic) bond motifs is 3. The van der Waals surface area contributed by atoms with Crippen molar-refractivity contribution in [1.82, 2.24) is 4.90 Å². The van der Waals surface area contributed by atoms with Gasteiger partial charge in [-0.2, -0.15) is 0 Å². The van der Waals surface area contributed by atoms with Crippen molar-refractivity contribution in [2.24, 2.45) is 0 Å². The number of anilines is 2. The first kappa shape index (κ1) is 27.3. The van der Waals surface area contributed by atoms with Gasteiger partial charge < -0.3 is 29.5 Å². The number of amides is 2. The third-order valence-electron chi connectivity index (χ3n) is 8.60. The molecule has 3 aliphatic heterocycles.